The molecule has 0 aliphatic carbocycles. The quantitative estimate of drug-likeness (QED) is 0.920. The predicted octanol–water partition coefficient (Wildman–Crippen LogP) is 3.02. The Morgan fingerprint density at radius 1 is 1.20 bits per heavy atom. The lowest BCUT2D eigenvalue weighted by atomic mass is 10.1. The van der Waals surface area contributed by atoms with E-state index in [1.807, 2.05) is 48.5 Å². The van der Waals surface area contributed by atoms with E-state index in [9.17, 15) is 9.59 Å². The predicted molar refractivity (Wildman–Crippen MR) is 97.1 cm³/mol. The Hall–Kier alpha value is -2.73. The number of thioether (sulfide) groups is 1. The maximum atomic E-state index is 12.4. The van der Waals surface area contributed by atoms with Crippen molar-refractivity contribution in [1.29, 1.82) is 0 Å². The van der Waals surface area contributed by atoms with Crippen molar-refractivity contribution >= 4 is 35.0 Å². The molecule has 1 N–H and O–H groups in total. The Balaban J connectivity index is 1.80. The van der Waals surface area contributed by atoms with Gasteiger partial charge in [0, 0.05) is 18.0 Å². The highest BCUT2D eigenvalue weighted by molar-refractivity contribution is 8.00. The lowest BCUT2D eigenvalue weighted by Gasteiger charge is -2.38. The number of carboxylic acids is 1. The van der Waals surface area contributed by atoms with Crippen LogP contribution in [0.25, 0.3) is 5.70 Å². The molecule has 126 valence electrons. The summed E-state index contributed by atoms with van der Waals surface area (Å²) >= 11 is 1.57. The molecule has 1 atom stereocenters. The Kier molecular flexibility index (Phi) is 3.77. The summed E-state index contributed by atoms with van der Waals surface area (Å²) in [5, 5.41) is 9.01. The normalized spacial score (nSPS) is 18.7. The number of rotatable bonds is 3. The lowest BCUT2D eigenvalue weighted by Crippen LogP contribution is -2.47. The van der Waals surface area contributed by atoms with Crippen LogP contribution in [0.15, 0.2) is 59.5 Å². The first-order valence-electron chi connectivity index (χ1n) is 7.89. The fourth-order valence-corrected chi connectivity index (χ4v) is 4.48. The van der Waals surface area contributed by atoms with Gasteiger partial charge >= 0.3 is 5.97 Å². The Morgan fingerprint density at radius 3 is 2.68 bits per heavy atom. The number of fused-ring (bicyclic) bond motifs is 3. The highest BCUT2D eigenvalue weighted by atomic mass is 32.2. The molecule has 1 amide bonds. The van der Waals surface area contributed by atoms with Gasteiger partial charge in [0.25, 0.3) is 5.91 Å². The average Bonchev–Trinajstić information content (AvgIpc) is 2.97. The molecule has 0 bridgehead atoms. The molecule has 2 aliphatic heterocycles. The zero-order chi connectivity index (χ0) is 17.6. The molecule has 0 spiro atoms. The van der Waals surface area contributed by atoms with Crippen LogP contribution < -0.4 is 4.90 Å². The van der Waals surface area contributed by atoms with Gasteiger partial charge < -0.3 is 14.9 Å². The third-order valence-corrected chi connectivity index (χ3v) is 5.68. The van der Waals surface area contributed by atoms with Crippen LogP contribution in [0.3, 0.4) is 0 Å². The highest BCUT2D eigenvalue weighted by Gasteiger charge is 2.40. The number of hydrogen-bond donors (Lipinski definition) is 1. The molecule has 5 nitrogen and oxygen atoms in total. The fraction of sp³-hybridized carbons (Fsp3) is 0.158. The molecule has 0 saturated heterocycles. The zero-order valence-electron chi connectivity index (χ0n) is 13.5. The van der Waals surface area contributed by atoms with Crippen molar-refractivity contribution in [2.75, 3.05) is 11.9 Å². The largest absolute Gasteiger partial charge is 0.481 e. The van der Waals surface area contributed by atoms with Crippen LogP contribution in [0, 0.1) is 0 Å². The molecule has 2 aromatic carbocycles. The molecular formula is C19H16N2O3S. The second-order valence-corrected chi connectivity index (χ2v) is 7.13. The van der Waals surface area contributed by atoms with Gasteiger partial charge in [-0.25, -0.2) is 0 Å². The number of likely N-dealkylation sites (N-methyl/N-ethyl adjacent to an activating group) is 1. The summed E-state index contributed by atoms with van der Waals surface area (Å²) in [5.74, 6) is -0.885. The van der Waals surface area contributed by atoms with Crippen LogP contribution in [0.4, 0.5) is 5.69 Å². The third-order valence-electron chi connectivity index (χ3n) is 4.36. The third kappa shape index (κ3) is 2.68. The molecule has 2 aliphatic rings. The minimum atomic E-state index is -0.849. The highest BCUT2D eigenvalue weighted by Crippen LogP contribution is 2.49. The van der Waals surface area contributed by atoms with E-state index in [4.69, 9.17) is 5.11 Å². The van der Waals surface area contributed by atoms with Crippen LogP contribution in [0.1, 0.15) is 11.1 Å². The number of carboxylic acid groups (broad SMARTS) is 1. The number of benzene rings is 2. The molecule has 6 heteroatoms. The van der Waals surface area contributed by atoms with Gasteiger partial charge in [-0.2, -0.15) is 0 Å². The van der Waals surface area contributed by atoms with E-state index < -0.39 is 5.97 Å². The van der Waals surface area contributed by atoms with E-state index in [1.54, 1.807) is 29.8 Å². The summed E-state index contributed by atoms with van der Waals surface area (Å²) in [6, 6.07) is 15.5. The van der Waals surface area contributed by atoms with Crippen molar-refractivity contribution in [3.8, 4) is 0 Å². The van der Waals surface area contributed by atoms with Crippen LogP contribution in [0.2, 0.25) is 0 Å². The number of carbonyl (C=O) groups excluding carboxylic acids is 1. The van der Waals surface area contributed by atoms with Crippen molar-refractivity contribution in [2.24, 2.45) is 0 Å². The van der Waals surface area contributed by atoms with E-state index in [1.165, 1.54) is 0 Å². The maximum absolute atomic E-state index is 12.4. The van der Waals surface area contributed by atoms with Crippen molar-refractivity contribution in [3.63, 3.8) is 0 Å². The molecular weight excluding hydrogens is 336 g/mol. The van der Waals surface area contributed by atoms with Gasteiger partial charge in [0.05, 0.1) is 17.8 Å². The molecule has 2 aromatic rings. The van der Waals surface area contributed by atoms with Crippen molar-refractivity contribution in [1.82, 2.24) is 4.90 Å². The topological polar surface area (TPSA) is 60.9 Å². The Morgan fingerprint density at radius 2 is 1.96 bits per heavy atom. The molecule has 0 saturated carbocycles. The molecule has 4 rings (SSSR count). The van der Waals surface area contributed by atoms with E-state index in [0.717, 1.165) is 27.4 Å². The second kappa shape index (κ2) is 5.97. The molecule has 0 radical (unpaired) electrons. The molecule has 25 heavy (non-hydrogen) atoms. The van der Waals surface area contributed by atoms with Gasteiger partial charge in [-0.1, -0.05) is 48.2 Å². The molecule has 2 heterocycles. The van der Waals surface area contributed by atoms with Gasteiger partial charge in [0.15, 0.2) is 5.50 Å². The summed E-state index contributed by atoms with van der Waals surface area (Å²) in [5.41, 5.74) is 3.45. The van der Waals surface area contributed by atoms with Crippen LogP contribution in [-0.2, 0) is 16.0 Å². The van der Waals surface area contributed by atoms with E-state index >= 15 is 0 Å². The van der Waals surface area contributed by atoms with Gasteiger partial charge in [-0.15, -0.1) is 0 Å². The first-order valence-corrected chi connectivity index (χ1v) is 8.77. The zero-order valence-corrected chi connectivity index (χ0v) is 14.4. The van der Waals surface area contributed by atoms with E-state index in [0.29, 0.717) is 0 Å². The first kappa shape index (κ1) is 15.8. The van der Waals surface area contributed by atoms with Gasteiger partial charge in [0.2, 0.25) is 0 Å². The Labute approximate surface area is 149 Å². The number of nitrogens with zero attached hydrogens (tertiary/aromatic N) is 2. The van der Waals surface area contributed by atoms with Crippen LogP contribution in [0.5, 0.6) is 0 Å². The van der Waals surface area contributed by atoms with E-state index in [2.05, 4.69) is 4.90 Å². The molecule has 0 aromatic heterocycles. The van der Waals surface area contributed by atoms with Crippen molar-refractivity contribution in [2.45, 2.75) is 16.8 Å². The second-order valence-electron chi connectivity index (χ2n) is 6.03. The number of anilines is 1. The average molecular weight is 352 g/mol. The van der Waals surface area contributed by atoms with Crippen molar-refractivity contribution in [3.05, 3.63) is 65.7 Å². The summed E-state index contributed by atoms with van der Waals surface area (Å²) < 4.78 is 0. The smallest absolute Gasteiger partial charge is 0.307 e. The summed E-state index contributed by atoms with van der Waals surface area (Å²) in [7, 11) is 1.79. The number of amides is 1. The maximum Gasteiger partial charge on any atom is 0.307 e. The molecule has 0 fully saturated rings. The molecule has 1 unspecified atom stereocenters. The Bertz CT molecular complexity index is 895. The summed E-state index contributed by atoms with van der Waals surface area (Å²) in [6.07, 6.45) is 1.65. The SMILES string of the molecule is CN1C(=O)C=C(c2ccccc2)N2c3ccc(CC(=O)O)cc3SC12. The van der Waals surface area contributed by atoms with Gasteiger partial charge in [-0.3, -0.25) is 9.59 Å². The number of hydrogen-bond acceptors (Lipinski definition) is 4. The lowest BCUT2D eigenvalue weighted by molar-refractivity contribution is -0.136. The van der Waals surface area contributed by atoms with Crippen LogP contribution in [-0.4, -0.2) is 34.4 Å². The summed E-state index contributed by atoms with van der Waals surface area (Å²) in [6.45, 7) is 0. The van der Waals surface area contributed by atoms with Gasteiger partial charge in [-0.05, 0) is 23.3 Å². The number of carbonyl (C=O) groups is 2. The van der Waals surface area contributed by atoms with Gasteiger partial charge in [0.1, 0.15) is 0 Å². The van der Waals surface area contributed by atoms with Crippen LogP contribution >= 0.6 is 11.8 Å². The van der Waals surface area contributed by atoms with Crippen molar-refractivity contribution < 1.29 is 14.7 Å². The monoisotopic (exact) mass is 352 g/mol. The minimum Gasteiger partial charge on any atom is -0.481 e. The van der Waals surface area contributed by atoms with E-state index in [-0.39, 0.29) is 17.8 Å². The number of aliphatic carboxylic acids is 1. The fourth-order valence-electron chi connectivity index (χ4n) is 3.15. The minimum absolute atomic E-state index is 0.00530. The standard InChI is InChI=1S/C19H16N2O3S/c1-20-17(22)11-15(13-5-3-2-4-6-13)21-14-8-7-12(10-18(23)24)9-16(14)25-19(20)21/h2-9,11,19H,10H2,1H3,(H,23,24). The first-order chi connectivity index (χ1) is 12.0. The summed E-state index contributed by atoms with van der Waals surface area (Å²) in [4.78, 5) is 28.2.